The van der Waals surface area contributed by atoms with Crippen LogP contribution in [-0.4, -0.2) is 287 Å². The Labute approximate surface area is 807 Å². The number of benzene rings is 5. The number of aryl methyl sites for hydroxylation is 1. The molecule has 133 heavy (non-hydrogen) atoms. The fraction of sp³-hybridized carbons (Fsp3) is 0.485. The molecule has 5 aromatic carbocycles. The second-order valence-electron chi connectivity index (χ2n) is 35.9. The zero-order valence-corrected chi connectivity index (χ0v) is 81.1. The number of piperidine rings is 2. The van der Waals surface area contributed by atoms with Crippen LogP contribution >= 0.6 is 63.7 Å². The lowest BCUT2D eigenvalue weighted by Gasteiger charge is -2.41. The number of rotatable bonds is 22. The fourth-order valence-electron chi connectivity index (χ4n) is 19.9. The highest BCUT2D eigenvalue weighted by molar-refractivity contribution is 7.59. The van der Waals surface area contributed by atoms with Crippen molar-refractivity contribution < 1.29 is 37.4 Å². The first-order valence-corrected chi connectivity index (χ1v) is 46.2. The molecule has 0 bridgehead atoms. The van der Waals surface area contributed by atoms with E-state index in [2.05, 4.69) is 147 Å². The Hall–Kier alpha value is -10.7. The minimum Gasteiger partial charge on any atom is -0.462 e. The highest BCUT2D eigenvalue weighted by atomic mass is 35.5. The number of carbonyl (C=O) groups is 3. The predicted molar refractivity (Wildman–Crippen MR) is 538 cm³/mol. The number of nitrogens with zero attached hydrogens (tertiary/aromatic N) is 20. The minimum absolute atomic E-state index is 0. The van der Waals surface area contributed by atoms with Gasteiger partial charge in [0.2, 0.25) is 30.8 Å². The molecule has 2 N–H and O–H groups in total. The van der Waals surface area contributed by atoms with Gasteiger partial charge in [-0.2, -0.15) is 70.4 Å². The zero-order chi connectivity index (χ0) is 91.1. The van der Waals surface area contributed by atoms with E-state index in [1.165, 1.54) is 24.6 Å². The van der Waals surface area contributed by atoms with Crippen molar-refractivity contribution in [2.24, 2.45) is 0 Å². The Kier molecular flexibility index (Phi) is 33.2. The number of likely N-dealkylation sites (tertiary alicyclic amines) is 3. The standard InChI is InChI=1S/2C34H39ClFN7O2.C29H38N8O3.3H2S/c1-4-30(44)43-17-16-42(21-25(43)20-37-3)32-26-12-15-41(29-11-6-9-24-8-5-10-27(35)31(24)29)22-28(26)38-33(39-32)45-19-18-40-14-7-13-34(2,36)23-40;1-4-30(44)43-18-17-42(22-25(43)21-37-3)32-26-11-14-41(29-10-6-8-24-7-5-9-27(35)31(24)29)23-28(26)38-33(39-32)45-20-19-40-15-12-34(2,36)13-16-40;1-5-24(38)35-11-13-36(14-12-35)27-21-8-10-37(26-19(3)18(2)15-22-25(26)32-28(39)30-22)16-23(21)31-29(33-27)40-17-20-7-6-9-34(20)4;;;/h4-6,8-11,25H,1,7,12-23H2,2H3;4-10,25H,1,11-23H2,2H3;5,15,20H,1,6-14,16-17H2,2-4H3,(H2,30,32,39);3*1H2/t25-,34?;25-;20-;;;/m000.../s1. The van der Waals surface area contributed by atoms with Crippen LogP contribution < -0.4 is 49.3 Å². The van der Waals surface area contributed by atoms with Gasteiger partial charge in [0.25, 0.3) is 0 Å². The number of likely N-dealkylation sites (N-methyl/N-ethyl adjacent to an activating group) is 1. The maximum absolute atomic E-state index is 14.6. The number of H-pyrrole nitrogens is 2. The molecule has 0 aliphatic carbocycles. The van der Waals surface area contributed by atoms with E-state index in [0.29, 0.717) is 191 Å². The number of carbonyl (C=O) groups excluding carboxylic acids is 3. The van der Waals surface area contributed by atoms with E-state index < -0.39 is 11.3 Å². The van der Waals surface area contributed by atoms with Crippen LogP contribution in [0, 0.1) is 27.0 Å². The van der Waals surface area contributed by atoms with Crippen LogP contribution in [0.4, 0.5) is 43.3 Å². The van der Waals surface area contributed by atoms with E-state index in [4.69, 9.17) is 80.5 Å². The van der Waals surface area contributed by atoms with Crippen molar-refractivity contribution in [1.82, 2.24) is 69.3 Å². The first-order valence-electron chi connectivity index (χ1n) is 45.5. The van der Waals surface area contributed by atoms with Crippen molar-refractivity contribution >= 4 is 149 Å². The molecule has 0 saturated carbocycles. The number of halogens is 4. The second kappa shape index (κ2) is 44.2. The molecular formula is C97H122Cl2F2N22O7S3. The van der Waals surface area contributed by atoms with Gasteiger partial charge in [-0.25, -0.2) is 26.7 Å². The second-order valence-corrected chi connectivity index (χ2v) is 36.7. The molecule has 6 fully saturated rings. The topological polar surface area (TPSA) is 252 Å². The molecule has 6 saturated heterocycles. The normalized spacial score (nSPS) is 20.2. The van der Waals surface area contributed by atoms with Crippen LogP contribution in [0.2, 0.25) is 10.0 Å². The number of amides is 3. The van der Waals surface area contributed by atoms with Crippen molar-refractivity contribution in [2.75, 3.05) is 200 Å². The average molecular weight is 1910 g/mol. The van der Waals surface area contributed by atoms with Gasteiger partial charge >= 0.3 is 23.7 Å². The summed E-state index contributed by atoms with van der Waals surface area (Å²) in [6, 6.07) is 27.2. The number of piperazine rings is 3. The lowest BCUT2D eigenvalue weighted by Crippen LogP contribution is -2.56. The van der Waals surface area contributed by atoms with E-state index >= 15 is 0 Å². The molecule has 4 aromatic heterocycles. The van der Waals surface area contributed by atoms with Gasteiger partial charge in [0.1, 0.15) is 60.7 Å². The lowest BCUT2D eigenvalue weighted by molar-refractivity contribution is -0.129. The number of imidazole rings is 1. The summed E-state index contributed by atoms with van der Waals surface area (Å²) in [5.74, 6) is 2.15. The predicted octanol–water partition coefficient (Wildman–Crippen LogP) is 12.8. The van der Waals surface area contributed by atoms with Crippen LogP contribution in [0.5, 0.6) is 18.0 Å². The molecule has 0 spiro atoms. The highest BCUT2D eigenvalue weighted by Crippen LogP contribution is 2.43. The van der Waals surface area contributed by atoms with Gasteiger partial charge in [0.05, 0.1) is 63.5 Å². The molecule has 4 atom stereocenters. The minimum atomic E-state index is -1.18. The van der Waals surface area contributed by atoms with Crippen LogP contribution in [0.15, 0.2) is 122 Å². The van der Waals surface area contributed by atoms with Crippen molar-refractivity contribution in [3.05, 3.63) is 205 Å². The maximum Gasteiger partial charge on any atom is 0.323 e. The number of hydrogen-bond acceptors (Lipinski definition) is 22. The summed E-state index contributed by atoms with van der Waals surface area (Å²) < 4.78 is 47.6. The Morgan fingerprint density at radius 1 is 0.534 bits per heavy atom. The number of nitrogens with one attached hydrogen (secondary N) is 2. The molecule has 3 amide bonds. The Morgan fingerprint density at radius 2 is 1.00 bits per heavy atom. The Morgan fingerprint density at radius 3 is 1.48 bits per heavy atom. The first kappa shape index (κ1) is 99.8. The Balaban J connectivity index is 0.000000168. The summed E-state index contributed by atoms with van der Waals surface area (Å²) in [5.41, 5.74) is 10.5. The summed E-state index contributed by atoms with van der Waals surface area (Å²) in [5, 5.41) is 5.62. The van der Waals surface area contributed by atoms with Crippen LogP contribution in [0.25, 0.3) is 42.3 Å². The van der Waals surface area contributed by atoms with Gasteiger partial charge in [-0.05, 0) is 176 Å². The molecule has 36 heteroatoms. The van der Waals surface area contributed by atoms with E-state index in [1.807, 2.05) is 41.3 Å². The van der Waals surface area contributed by atoms with Crippen molar-refractivity contribution in [3.63, 3.8) is 0 Å². The first-order chi connectivity index (χ1) is 62.8. The molecule has 9 aliphatic heterocycles. The van der Waals surface area contributed by atoms with Crippen LogP contribution in [0.3, 0.4) is 0 Å². The monoisotopic (exact) mass is 1910 g/mol. The summed E-state index contributed by atoms with van der Waals surface area (Å²) in [6.07, 6.45) is 11.0. The van der Waals surface area contributed by atoms with Gasteiger partial charge < -0.3 is 82.9 Å². The molecule has 18 rings (SSSR count). The van der Waals surface area contributed by atoms with E-state index in [1.54, 1.807) is 23.6 Å². The number of aromatic nitrogens is 8. The number of aromatic amines is 2. The Bertz CT molecular complexity index is 5870. The van der Waals surface area contributed by atoms with E-state index in [0.717, 1.165) is 170 Å². The molecule has 1 unspecified atom stereocenters. The summed E-state index contributed by atoms with van der Waals surface area (Å²) in [7, 11) is 2.14. The molecule has 708 valence electrons. The van der Waals surface area contributed by atoms with Gasteiger partial charge in [-0.3, -0.25) is 24.2 Å². The third-order valence-corrected chi connectivity index (χ3v) is 27.8. The molecule has 29 nitrogen and oxygen atoms in total. The van der Waals surface area contributed by atoms with Gasteiger partial charge in [0.15, 0.2) is 0 Å². The van der Waals surface area contributed by atoms with Crippen LogP contribution in [-0.2, 0) is 53.3 Å². The summed E-state index contributed by atoms with van der Waals surface area (Å²) in [6.45, 7) is 49.8. The molecule has 9 aliphatic rings. The van der Waals surface area contributed by atoms with Crippen LogP contribution in [0.1, 0.15) is 97.3 Å². The number of fused-ring (bicyclic) bond motifs is 6. The van der Waals surface area contributed by atoms with Crippen molar-refractivity contribution in [1.29, 1.82) is 0 Å². The summed E-state index contributed by atoms with van der Waals surface area (Å²) >= 11 is 13.4. The molecule has 0 radical (unpaired) electrons. The molecule has 9 aromatic rings. The molecular weight excluding hydrogens is 1790 g/mol. The SMILES string of the molecule is C=CC(=O)N1CCN(c2nc(OC[C@@H]3CCCN3C)nc3c2CCN(c2c(C)c(C)cc4[nH]c(=O)[nH]c24)C3)CC1.S.S.S.[C-]#[N+]C[C@H]1CN(c2nc(OCCN3CCC(C)(F)CC3)nc3c2CCN(c2cccc4cccc(Cl)c24)C3)CCN1C(=O)C=C.[C-]#[N+]C[C@H]1CN(c2nc(OCCN3CCCC(C)(F)C3)nc3c2CCN(c2cccc4cccc(Cl)c24)C3)CCN1C(=O)C=C. The third kappa shape index (κ3) is 22.8. The van der Waals surface area contributed by atoms with E-state index in [9.17, 15) is 28.0 Å². The van der Waals surface area contributed by atoms with Crippen molar-refractivity contribution in [2.45, 2.75) is 135 Å². The van der Waals surface area contributed by atoms with E-state index in [-0.39, 0.29) is 95.1 Å². The quantitative estimate of drug-likeness (QED) is 0.0472. The number of ether oxygens (including phenoxy) is 3. The largest absolute Gasteiger partial charge is 0.462 e. The zero-order valence-electron chi connectivity index (χ0n) is 76.6. The third-order valence-electron chi connectivity index (χ3n) is 27.2. The number of alkyl halides is 2. The molecule has 13 heterocycles. The average Bonchev–Trinajstić information content (AvgIpc) is 1.63. The van der Waals surface area contributed by atoms with Gasteiger partial charge in [0, 0.05) is 163 Å². The number of anilines is 6. The van der Waals surface area contributed by atoms with Gasteiger partial charge in [-0.1, -0.05) is 91.5 Å². The smallest absolute Gasteiger partial charge is 0.323 e. The van der Waals surface area contributed by atoms with Crippen molar-refractivity contribution in [3.8, 4) is 18.0 Å². The van der Waals surface area contributed by atoms with Gasteiger partial charge in [-0.15, -0.1) is 0 Å². The maximum atomic E-state index is 14.6. The fourth-order valence-corrected chi connectivity index (χ4v) is 20.5. The summed E-state index contributed by atoms with van der Waals surface area (Å²) in [4.78, 5) is 118. The lowest BCUT2D eigenvalue weighted by atomic mass is 9.96. The highest BCUT2D eigenvalue weighted by Gasteiger charge is 2.40. The number of hydrogen-bond donors (Lipinski definition) is 2.